The van der Waals surface area contributed by atoms with Gasteiger partial charge in [0.05, 0.1) is 0 Å². The summed E-state index contributed by atoms with van der Waals surface area (Å²) in [5, 5.41) is 0. The van der Waals surface area contributed by atoms with Gasteiger partial charge in [-0.3, -0.25) is 0 Å². The minimum atomic E-state index is -0.494. The zero-order valence-electron chi connectivity index (χ0n) is 8.48. The average molecular weight is 297 g/mol. The summed E-state index contributed by atoms with van der Waals surface area (Å²) in [7, 11) is 0. The van der Waals surface area contributed by atoms with E-state index in [0.29, 0.717) is 17.1 Å². The fourth-order valence-electron chi connectivity index (χ4n) is 1.59. The minimum Gasteiger partial charge on any atom is -0.454 e. The predicted molar refractivity (Wildman–Crippen MR) is 61.2 cm³/mol. The Bertz CT molecular complexity index is 592. The smallest absolute Gasteiger partial charge is 0.231 e. The van der Waals surface area contributed by atoms with Gasteiger partial charge in [0.2, 0.25) is 6.79 Å². The molecule has 0 saturated heterocycles. The average Bonchev–Trinajstić information content (AvgIpc) is 2.79. The van der Waals surface area contributed by atoms with Crippen LogP contribution in [0, 0.1) is 5.82 Å². The third-order valence-electron chi connectivity index (χ3n) is 2.39. The molecule has 4 nitrogen and oxygen atoms in total. The Hall–Kier alpha value is -1.69. The molecule has 0 radical (unpaired) electrons. The number of hydrogen-bond donors (Lipinski definition) is 0. The second kappa shape index (κ2) is 3.96. The first-order valence-electron chi connectivity index (χ1n) is 4.82. The van der Waals surface area contributed by atoms with E-state index in [-0.39, 0.29) is 17.1 Å². The van der Waals surface area contributed by atoms with Gasteiger partial charge in [-0.05, 0) is 34.1 Å². The molecule has 0 saturated carbocycles. The Morgan fingerprint density at radius 1 is 1.18 bits per heavy atom. The van der Waals surface area contributed by atoms with Gasteiger partial charge in [0, 0.05) is 5.56 Å². The van der Waals surface area contributed by atoms with Crippen molar-refractivity contribution < 1.29 is 13.9 Å². The number of nitrogens with zero attached hydrogens (tertiary/aromatic N) is 2. The Labute approximate surface area is 105 Å². The standard InChI is InChI=1S/C11H6BrFN2O2/c12-11-9(13)10(14-4-15-11)6-1-2-7-8(3-6)17-5-16-7/h1-4H,5H2. The first-order chi connectivity index (χ1) is 8.25. The van der Waals surface area contributed by atoms with E-state index in [9.17, 15) is 4.39 Å². The molecule has 86 valence electrons. The summed E-state index contributed by atoms with van der Waals surface area (Å²) in [4.78, 5) is 7.63. The molecule has 0 aliphatic carbocycles. The highest BCUT2D eigenvalue weighted by Gasteiger charge is 2.17. The van der Waals surface area contributed by atoms with Gasteiger partial charge in [-0.1, -0.05) is 0 Å². The maximum atomic E-state index is 13.8. The van der Waals surface area contributed by atoms with Crippen LogP contribution in [0.15, 0.2) is 29.1 Å². The first kappa shape index (κ1) is 10.5. The molecule has 2 aromatic rings. The Balaban J connectivity index is 2.13. The van der Waals surface area contributed by atoms with Crippen LogP contribution >= 0.6 is 15.9 Å². The molecule has 0 unspecified atom stereocenters. The number of halogens is 2. The lowest BCUT2D eigenvalue weighted by atomic mass is 10.1. The highest BCUT2D eigenvalue weighted by Crippen LogP contribution is 2.36. The van der Waals surface area contributed by atoms with Gasteiger partial charge in [-0.2, -0.15) is 0 Å². The van der Waals surface area contributed by atoms with Gasteiger partial charge in [0.25, 0.3) is 0 Å². The lowest BCUT2D eigenvalue weighted by Gasteiger charge is -2.04. The van der Waals surface area contributed by atoms with Crippen LogP contribution in [-0.2, 0) is 0 Å². The molecule has 17 heavy (non-hydrogen) atoms. The third kappa shape index (κ3) is 1.74. The molecule has 0 amide bonds. The normalized spacial score (nSPS) is 12.8. The number of ether oxygens (including phenoxy) is 2. The molecular formula is C11H6BrFN2O2. The van der Waals surface area contributed by atoms with Crippen molar-refractivity contribution in [3.8, 4) is 22.8 Å². The molecule has 0 atom stereocenters. The van der Waals surface area contributed by atoms with Crippen LogP contribution in [0.1, 0.15) is 0 Å². The summed E-state index contributed by atoms with van der Waals surface area (Å²) in [5.74, 6) is 0.755. The van der Waals surface area contributed by atoms with Crippen molar-refractivity contribution in [1.29, 1.82) is 0 Å². The summed E-state index contributed by atoms with van der Waals surface area (Å²) >= 11 is 3.02. The van der Waals surface area contributed by atoms with E-state index in [0.717, 1.165) is 0 Å². The van der Waals surface area contributed by atoms with Crippen molar-refractivity contribution in [1.82, 2.24) is 9.97 Å². The van der Waals surface area contributed by atoms with Crippen LogP contribution in [-0.4, -0.2) is 16.8 Å². The molecule has 1 aliphatic heterocycles. The topological polar surface area (TPSA) is 44.2 Å². The quantitative estimate of drug-likeness (QED) is 0.759. The van der Waals surface area contributed by atoms with Gasteiger partial charge in [0.15, 0.2) is 17.3 Å². The largest absolute Gasteiger partial charge is 0.454 e. The Morgan fingerprint density at radius 2 is 2.00 bits per heavy atom. The zero-order chi connectivity index (χ0) is 11.8. The van der Waals surface area contributed by atoms with Crippen LogP contribution in [0.5, 0.6) is 11.5 Å². The maximum absolute atomic E-state index is 13.8. The number of rotatable bonds is 1. The van der Waals surface area contributed by atoms with Gasteiger partial charge >= 0.3 is 0 Å². The number of fused-ring (bicyclic) bond motifs is 1. The van der Waals surface area contributed by atoms with Gasteiger partial charge in [0.1, 0.15) is 16.6 Å². The summed E-state index contributed by atoms with van der Waals surface area (Å²) in [6.07, 6.45) is 1.30. The zero-order valence-corrected chi connectivity index (χ0v) is 10.1. The van der Waals surface area contributed by atoms with E-state index < -0.39 is 5.82 Å². The summed E-state index contributed by atoms with van der Waals surface area (Å²) in [5.41, 5.74) is 0.847. The summed E-state index contributed by atoms with van der Waals surface area (Å²) in [6, 6.07) is 5.15. The Kier molecular flexibility index (Phi) is 2.44. The maximum Gasteiger partial charge on any atom is 0.231 e. The molecular weight excluding hydrogens is 291 g/mol. The van der Waals surface area contributed by atoms with E-state index in [1.165, 1.54) is 6.33 Å². The van der Waals surface area contributed by atoms with E-state index in [1.54, 1.807) is 18.2 Å². The van der Waals surface area contributed by atoms with Crippen LogP contribution in [0.25, 0.3) is 11.3 Å². The molecule has 2 heterocycles. The number of benzene rings is 1. The fourth-order valence-corrected chi connectivity index (χ4v) is 1.87. The molecule has 1 aliphatic rings. The van der Waals surface area contributed by atoms with Crippen molar-refractivity contribution in [2.75, 3.05) is 6.79 Å². The summed E-state index contributed by atoms with van der Waals surface area (Å²) < 4.78 is 24.4. The van der Waals surface area contributed by atoms with Crippen LogP contribution in [0.3, 0.4) is 0 Å². The second-order valence-corrected chi connectivity index (χ2v) is 4.15. The molecule has 0 spiro atoms. The lowest BCUT2D eigenvalue weighted by molar-refractivity contribution is 0.174. The van der Waals surface area contributed by atoms with Crippen molar-refractivity contribution >= 4 is 15.9 Å². The minimum absolute atomic E-state index is 0.139. The molecule has 0 fully saturated rings. The highest BCUT2D eigenvalue weighted by molar-refractivity contribution is 9.10. The monoisotopic (exact) mass is 296 g/mol. The lowest BCUT2D eigenvalue weighted by Crippen LogP contribution is -1.93. The SMILES string of the molecule is Fc1c(Br)ncnc1-c1ccc2c(c1)OCO2. The van der Waals surface area contributed by atoms with Crippen molar-refractivity contribution in [3.63, 3.8) is 0 Å². The van der Waals surface area contributed by atoms with Gasteiger partial charge < -0.3 is 9.47 Å². The second-order valence-electron chi connectivity index (χ2n) is 3.40. The molecule has 6 heteroatoms. The van der Waals surface area contributed by atoms with E-state index in [4.69, 9.17) is 9.47 Å². The van der Waals surface area contributed by atoms with E-state index in [1.807, 2.05) is 0 Å². The third-order valence-corrected chi connectivity index (χ3v) is 2.95. The predicted octanol–water partition coefficient (Wildman–Crippen LogP) is 2.77. The van der Waals surface area contributed by atoms with Crippen LogP contribution in [0.4, 0.5) is 4.39 Å². The van der Waals surface area contributed by atoms with Gasteiger partial charge in [-0.15, -0.1) is 0 Å². The highest BCUT2D eigenvalue weighted by atomic mass is 79.9. The van der Waals surface area contributed by atoms with E-state index >= 15 is 0 Å². The fraction of sp³-hybridized carbons (Fsp3) is 0.0909. The summed E-state index contributed by atoms with van der Waals surface area (Å²) in [6.45, 7) is 0.189. The van der Waals surface area contributed by atoms with Crippen LogP contribution < -0.4 is 9.47 Å². The number of hydrogen-bond acceptors (Lipinski definition) is 4. The van der Waals surface area contributed by atoms with E-state index in [2.05, 4.69) is 25.9 Å². The van der Waals surface area contributed by atoms with Crippen LogP contribution in [0.2, 0.25) is 0 Å². The van der Waals surface area contributed by atoms with Crippen molar-refractivity contribution in [3.05, 3.63) is 34.9 Å². The molecule has 3 rings (SSSR count). The molecule has 1 aromatic heterocycles. The molecule has 1 aromatic carbocycles. The first-order valence-corrected chi connectivity index (χ1v) is 5.61. The molecule has 0 bridgehead atoms. The molecule has 0 N–H and O–H groups in total. The number of aromatic nitrogens is 2. The Morgan fingerprint density at radius 3 is 2.88 bits per heavy atom. The van der Waals surface area contributed by atoms with Crippen molar-refractivity contribution in [2.45, 2.75) is 0 Å². The van der Waals surface area contributed by atoms with Gasteiger partial charge in [-0.25, -0.2) is 14.4 Å². The van der Waals surface area contributed by atoms with Crippen molar-refractivity contribution in [2.24, 2.45) is 0 Å².